The Kier molecular flexibility index (Phi) is 5.79. The van der Waals surface area contributed by atoms with E-state index < -0.39 is 18.5 Å². The molecule has 0 bridgehead atoms. The van der Waals surface area contributed by atoms with Crippen LogP contribution in [0, 0.1) is 6.92 Å². The summed E-state index contributed by atoms with van der Waals surface area (Å²) >= 11 is 11.9. The summed E-state index contributed by atoms with van der Waals surface area (Å²) in [5, 5.41) is 3.15. The van der Waals surface area contributed by atoms with Gasteiger partial charge in [0.15, 0.2) is 12.4 Å². The Morgan fingerprint density at radius 2 is 1.92 bits per heavy atom. The molecule has 0 atom stereocenters. The number of esters is 1. The SMILES string of the molecule is Cc1nc(NC(=O)COC(=O)Cc2ccc3c(c2)CCC3)c(Cl)cc1Cl. The number of hydrogen-bond donors (Lipinski definition) is 1. The molecule has 3 rings (SSSR count). The highest BCUT2D eigenvalue weighted by Gasteiger charge is 2.15. The van der Waals surface area contributed by atoms with Crippen LogP contribution in [0.3, 0.4) is 0 Å². The van der Waals surface area contributed by atoms with Crippen LogP contribution in [0.1, 0.15) is 28.8 Å². The van der Waals surface area contributed by atoms with Crippen molar-refractivity contribution >= 4 is 40.9 Å². The summed E-state index contributed by atoms with van der Waals surface area (Å²) in [5.41, 5.74) is 4.09. The molecule has 1 N–H and O–H groups in total. The second kappa shape index (κ2) is 8.06. The number of fused-ring (bicyclic) bond motifs is 1. The first kappa shape index (κ1) is 18.7. The van der Waals surface area contributed by atoms with Gasteiger partial charge in [-0.1, -0.05) is 41.4 Å². The average Bonchev–Trinajstić information content (AvgIpc) is 3.05. The molecule has 0 aliphatic heterocycles. The number of benzene rings is 1. The summed E-state index contributed by atoms with van der Waals surface area (Å²) in [5.74, 6) is -0.777. The van der Waals surface area contributed by atoms with E-state index in [-0.39, 0.29) is 17.3 Å². The molecular formula is C19H18Cl2N2O3. The summed E-state index contributed by atoms with van der Waals surface area (Å²) in [7, 11) is 0. The lowest BCUT2D eigenvalue weighted by molar-refractivity contribution is -0.146. The van der Waals surface area contributed by atoms with Crippen LogP contribution >= 0.6 is 23.2 Å². The van der Waals surface area contributed by atoms with E-state index >= 15 is 0 Å². The first-order valence-corrected chi connectivity index (χ1v) is 9.07. The van der Waals surface area contributed by atoms with Gasteiger partial charge < -0.3 is 10.1 Å². The molecule has 0 spiro atoms. The Morgan fingerprint density at radius 3 is 2.73 bits per heavy atom. The van der Waals surface area contributed by atoms with Crippen molar-refractivity contribution in [2.75, 3.05) is 11.9 Å². The van der Waals surface area contributed by atoms with Crippen molar-refractivity contribution in [2.24, 2.45) is 0 Å². The number of carbonyl (C=O) groups excluding carboxylic acids is 2. The van der Waals surface area contributed by atoms with Gasteiger partial charge in [-0.3, -0.25) is 9.59 Å². The highest BCUT2D eigenvalue weighted by Crippen LogP contribution is 2.25. The Hall–Kier alpha value is -2.11. The van der Waals surface area contributed by atoms with Gasteiger partial charge >= 0.3 is 5.97 Å². The summed E-state index contributed by atoms with van der Waals surface area (Å²) in [6.45, 7) is 1.30. The Bertz CT molecular complexity index is 868. The van der Waals surface area contributed by atoms with Crippen molar-refractivity contribution in [1.29, 1.82) is 0 Å². The fraction of sp³-hybridized carbons (Fsp3) is 0.316. The molecular weight excluding hydrogens is 375 g/mol. The third-order valence-electron chi connectivity index (χ3n) is 4.24. The molecule has 0 saturated heterocycles. The van der Waals surface area contributed by atoms with Crippen molar-refractivity contribution in [3.05, 3.63) is 56.7 Å². The first-order valence-electron chi connectivity index (χ1n) is 8.31. The van der Waals surface area contributed by atoms with E-state index in [1.54, 1.807) is 6.92 Å². The van der Waals surface area contributed by atoms with Crippen molar-refractivity contribution in [2.45, 2.75) is 32.6 Å². The van der Waals surface area contributed by atoms with Crippen LogP contribution in [0.2, 0.25) is 10.0 Å². The minimum atomic E-state index is -0.511. The third kappa shape index (κ3) is 4.54. The van der Waals surface area contributed by atoms with Crippen molar-refractivity contribution in [3.63, 3.8) is 0 Å². The van der Waals surface area contributed by atoms with Gasteiger partial charge in [0.2, 0.25) is 0 Å². The molecule has 26 heavy (non-hydrogen) atoms. The number of halogens is 2. The maximum Gasteiger partial charge on any atom is 0.310 e. The smallest absolute Gasteiger partial charge is 0.310 e. The zero-order valence-electron chi connectivity index (χ0n) is 14.3. The molecule has 0 saturated carbocycles. The summed E-state index contributed by atoms with van der Waals surface area (Å²) in [6, 6.07) is 7.55. The van der Waals surface area contributed by atoms with Gasteiger partial charge in [0.1, 0.15) is 0 Å². The second-order valence-electron chi connectivity index (χ2n) is 6.23. The van der Waals surface area contributed by atoms with Gasteiger partial charge in [-0.05, 0) is 48.9 Å². The Labute approximate surface area is 161 Å². The Morgan fingerprint density at radius 1 is 1.15 bits per heavy atom. The van der Waals surface area contributed by atoms with Crippen molar-refractivity contribution in [3.8, 4) is 0 Å². The van der Waals surface area contributed by atoms with E-state index in [0.29, 0.717) is 10.7 Å². The molecule has 7 heteroatoms. The molecule has 5 nitrogen and oxygen atoms in total. The molecule has 2 aromatic rings. The average molecular weight is 393 g/mol. The van der Waals surface area contributed by atoms with Gasteiger partial charge in [0.25, 0.3) is 5.91 Å². The first-order chi connectivity index (χ1) is 12.4. The molecule has 1 heterocycles. The standard InChI is InChI=1S/C19H18Cl2N2O3/c1-11-15(20)9-16(21)19(22-11)23-17(24)10-26-18(25)8-12-5-6-13-3-2-4-14(13)7-12/h5-7,9H,2-4,8,10H2,1H3,(H,22,23,24). The van der Waals surface area contributed by atoms with Crippen molar-refractivity contribution < 1.29 is 14.3 Å². The summed E-state index contributed by atoms with van der Waals surface area (Å²) in [4.78, 5) is 28.0. The van der Waals surface area contributed by atoms with E-state index in [0.717, 1.165) is 24.8 Å². The van der Waals surface area contributed by atoms with Crippen LogP contribution in [0.15, 0.2) is 24.3 Å². The van der Waals surface area contributed by atoms with Gasteiger partial charge in [-0.15, -0.1) is 0 Å². The van der Waals surface area contributed by atoms with Crippen LogP contribution in [0.4, 0.5) is 5.82 Å². The molecule has 1 aliphatic rings. The van der Waals surface area contributed by atoms with Gasteiger partial charge in [0, 0.05) is 0 Å². The minimum Gasteiger partial charge on any atom is -0.455 e. The fourth-order valence-electron chi connectivity index (χ4n) is 2.91. The summed E-state index contributed by atoms with van der Waals surface area (Å²) in [6.07, 6.45) is 3.44. The van der Waals surface area contributed by atoms with E-state index in [9.17, 15) is 9.59 Å². The zero-order chi connectivity index (χ0) is 18.7. The number of carbonyl (C=O) groups is 2. The second-order valence-corrected chi connectivity index (χ2v) is 7.04. The molecule has 0 unspecified atom stereocenters. The number of nitrogens with zero attached hydrogens (tertiary/aromatic N) is 1. The molecule has 0 fully saturated rings. The molecule has 0 radical (unpaired) electrons. The quantitative estimate of drug-likeness (QED) is 0.783. The maximum absolute atomic E-state index is 12.0. The van der Waals surface area contributed by atoms with E-state index in [1.807, 2.05) is 12.1 Å². The van der Waals surface area contributed by atoms with Crippen LogP contribution < -0.4 is 5.32 Å². The number of nitrogens with one attached hydrogen (secondary N) is 1. The van der Waals surface area contributed by atoms with E-state index in [1.165, 1.54) is 17.2 Å². The number of rotatable bonds is 5. The predicted molar refractivity (Wildman–Crippen MR) is 101 cm³/mol. The van der Waals surface area contributed by atoms with Gasteiger partial charge in [0.05, 0.1) is 22.2 Å². The van der Waals surface area contributed by atoms with Crippen LogP contribution in [0.25, 0.3) is 0 Å². The number of anilines is 1. The van der Waals surface area contributed by atoms with Crippen molar-refractivity contribution in [1.82, 2.24) is 4.98 Å². The lowest BCUT2D eigenvalue weighted by Crippen LogP contribution is -2.22. The number of ether oxygens (including phenoxy) is 1. The highest BCUT2D eigenvalue weighted by molar-refractivity contribution is 6.36. The molecule has 136 valence electrons. The maximum atomic E-state index is 12.0. The lowest BCUT2D eigenvalue weighted by atomic mass is 10.0. The Balaban J connectivity index is 1.51. The van der Waals surface area contributed by atoms with Gasteiger partial charge in [-0.25, -0.2) is 4.98 Å². The number of pyridine rings is 1. The minimum absolute atomic E-state index is 0.139. The van der Waals surface area contributed by atoms with Crippen LogP contribution in [-0.2, 0) is 33.6 Å². The monoisotopic (exact) mass is 392 g/mol. The molecule has 1 aliphatic carbocycles. The molecule has 1 aromatic heterocycles. The highest BCUT2D eigenvalue weighted by atomic mass is 35.5. The predicted octanol–water partition coefficient (Wildman–Crippen LogP) is 3.91. The molecule has 1 amide bonds. The van der Waals surface area contributed by atoms with E-state index in [2.05, 4.69) is 16.4 Å². The normalized spacial score (nSPS) is 12.6. The topological polar surface area (TPSA) is 68.3 Å². The van der Waals surface area contributed by atoms with Crippen LogP contribution in [-0.4, -0.2) is 23.5 Å². The fourth-order valence-corrected chi connectivity index (χ4v) is 3.32. The number of hydrogen-bond acceptors (Lipinski definition) is 4. The van der Waals surface area contributed by atoms with E-state index in [4.69, 9.17) is 27.9 Å². The third-order valence-corrected chi connectivity index (χ3v) is 4.91. The van der Waals surface area contributed by atoms with Gasteiger partial charge in [-0.2, -0.15) is 0 Å². The number of aryl methyl sites for hydroxylation is 3. The summed E-state index contributed by atoms with van der Waals surface area (Å²) < 4.78 is 5.05. The number of aromatic nitrogens is 1. The lowest BCUT2D eigenvalue weighted by Gasteiger charge is -2.09. The largest absolute Gasteiger partial charge is 0.455 e. The zero-order valence-corrected chi connectivity index (χ0v) is 15.8. The molecule has 1 aromatic carbocycles. The van der Waals surface area contributed by atoms with Crippen LogP contribution in [0.5, 0.6) is 0 Å². The number of amides is 1.